The van der Waals surface area contributed by atoms with Gasteiger partial charge in [-0.25, -0.2) is 14.4 Å². The molecule has 0 radical (unpaired) electrons. The van der Waals surface area contributed by atoms with Crippen molar-refractivity contribution in [3.8, 4) is 5.75 Å². The third-order valence-electron chi connectivity index (χ3n) is 2.87. The summed E-state index contributed by atoms with van der Waals surface area (Å²) in [5.41, 5.74) is 0.833. The topological polar surface area (TPSA) is 73.3 Å². The number of nitrogens with zero attached hydrogens (tertiary/aromatic N) is 2. The molecule has 1 amide bonds. The van der Waals surface area contributed by atoms with E-state index in [1.54, 1.807) is 20.1 Å². The lowest BCUT2D eigenvalue weighted by atomic mass is 10.2. The van der Waals surface area contributed by atoms with Crippen LogP contribution in [0.1, 0.15) is 23.1 Å². The van der Waals surface area contributed by atoms with Gasteiger partial charge in [-0.1, -0.05) is 0 Å². The molecule has 0 fully saturated rings. The second-order valence-electron chi connectivity index (χ2n) is 5.03. The SMILES string of the molecule is COC[C@@H](C)Oc1cc(C)nc(C(=O)Nc2ccc(F)cn2)c1. The van der Waals surface area contributed by atoms with E-state index in [9.17, 15) is 9.18 Å². The van der Waals surface area contributed by atoms with Crippen LogP contribution in [0.4, 0.5) is 10.2 Å². The Hall–Kier alpha value is -2.54. The standard InChI is InChI=1S/C16H18FN3O3/c1-10-6-13(23-11(2)9-22-3)7-14(19-10)16(21)20-15-5-4-12(17)8-18-15/h4-8,11H,9H2,1-3H3,(H,18,20,21)/t11-/m1/s1. The first-order valence-corrected chi connectivity index (χ1v) is 7.05. The van der Waals surface area contributed by atoms with Crippen molar-refractivity contribution < 1.29 is 18.7 Å². The first kappa shape index (κ1) is 16.8. The van der Waals surface area contributed by atoms with Crippen molar-refractivity contribution in [2.75, 3.05) is 19.0 Å². The molecule has 23 heavy (non-hydrogen) atoms. The first-order valence-electron chi connectivity index (χ1n) is 7.05. The van der Waals surface area contributed by atoms with E-state index in [1.165, 1.54) is 18.2 Å². The molecule has 0 saturated carbocycles. The van der Waals surface area contributed by atoms with E-state index < -0.39 is 11.7 Å². The van der Waals surface area contributed by atoms with Gasteiger partial charge < -0.3 is 14.8 Å². The highest BCUT2D eigenvalue weighted by Crippen LogP contribution is 2.17. The number of carbonyl (C=O) groups excluding carboxylic acids is 1. The van der Waals surface area contributed by atoms with E-state index >= 15 is 0 Å². The third kappa shape index (κ3) is 5.00. The Morgan fingerprint density at radius 1 is 1.39 bits per heavy atom. The summed E-state index contributed by atoms with van der Waals surface area (Å²) in [5, 5.41) is 2.56. The molecule has 2 rings (SSSR count). The molecular weight excluding hydrogens is 301 g/mol. The zero-order chi connectivity index (χ0) is 16.8. The van der Waals surface area contributed by atoms with Crippen molar-refractivity contribution in [1.29, 1.82) is 0 Å². The number of carbonyl (C=O) groups is 1. The Balaban J connectivity index is 2.13. The smallest absolute Gasteiger partial charge is 0.275 e. The Morgan fingerprint density at radius 2 is 2.17 bits per heavy atom. The van der Waals surface area contributed by atoms with Crippen molar-refractivity contribution in [2.24, 2.45) is 0 Å². The number of pyridine rings is 2. The lowest BCUT2D eigenvalue weighted by Crippen LogP contribution is -2.19. The van der Waals surface area contributed by atoms with Gasteiger partial charge in [-0.05, 0) is 26.0 Å². The van der Waals surface area contributed by atoms with Crippen LogP contribution in [0.2, 0.25) is 0 Å². The van der Waals surface area contributed by atoms with Gasteiger partial charge in [0.25, 0.3) is 5.91 Å². The summed E-state index contributed by atoms with van der Waals surface area (Å²) in [4.78, 5) is 20.2. The number of amides is 1. The van der Waals surface area contributed by atoms with Crippen molar-refractivity contribution in [3.05, 3.63) is 47.7 Å². The normalized spacial score (nSPS) is 11.8. The summed E-state index contributed by atoms with van der Waals surface area (Å²) in [6.07, 6.45) is 0.872. The maximum absolute atomic E-state index is 12.8. The van der Waals surface area contributed by atoms with Crippen LogP contribution in [-0.2, 0) is 4.74 Å². The lowest BCUT2D eigenvalue weighted by Gasteiger charge is -2.14. The fraction of sp³-hybridized carbons (Fsp3) is 0.312. The fourth-order valence-electron chi connectivity index (χ4n) is 1.95. The van der Waals surface area contributed by atoms with Crippen LogP contribution in [0, 0.1) is 12.7 Å². The molecule has 122 valence electrons. The van der Waals surface area contributed by atoms with Crippen molar-refractivity contribution in [3.63, 3.8) is 0 Å². The van der Waals surface area contributed by atoms with Gasteiger partial charge in [0, 0.05) is 24.9 Å². The molecular formula is C16H18FN3O3. The predicted molar refractivity (Wildman–Crippen MR) is 83.1 cm³/mol. The molecule has 1 atom stereocenters. The van der Waals surface area contributed by atoms with Crippen molar-refractivity contribution in [2.45, 2.75) is 20.0 Å². The molecule has 0 saturated heterocycles. The van der Waals surface area contributed by atoms with Crippen molar-refractivity contribution >= 4 is 11.7 Å². The molecule has 2 heterocycles. The van der Waals surface area contributed by atoms with Crippen LogP contribution in [0.15, 0.2) is 30.5 Å². The Kier molecular flexibility index (Phi) is 5.59. The molecule has 0 aliphatic rings. The second kappa shape index (κ2) is 7.64. The van der Waals surface area contributed by atoms with Gasteiger partial charge in [0.05, 0.1) is 12.8 Å². The molecule has 0 spiro atoms. The molecule has 0 aliphatic heterocycles. The van der Waals surface area contributed by atoms with Crippen molar-refractivity contribution in [1.82, 2.24) is 9.97 Å². The maximum Gasteiger partial charge on any atom is 0.275 e. The summed E-state index contributed by atoms with van der Waals surface area (Å²) in [6.45, 7) is 4.06. The maximum atomic E-state index is 12.8. The lowest BCUT2D eigenvalue weighted by molar-refractivity contribution is 0.0915. The molecule has 6 nitrogen and oxygen atoms in total. The van der Waals surface area contributed by atoms with Gasteiger partial charge in [0.2, 0.25) is 0 Å². The number of rotatable bonds is 6. The quantitative estimate of drug-likeness (QED) is 0.886. The summed E-state index contributed by atoms with van der Waals surface area (Å²) < 4.78 is 23.5. The molecule has 7 heteroatoms. The number of ether oxygens (including phenoxy) is 2. The zero-order valence-corrected chi connectivity index (χ0v) is 13.2. The van der Waals surface area contributed by atoms with Crippen LogP contribution in [0.5, 0.6) is 5.75 Å². The first-order chi connectivity index (χ1) is 11.0. The molecule has 0 aromatic carbocycles. The average Bonchev–Trinajstić information content (AvgIpc) is 2.49. The van der Waals surface area contributed by atoms with E-state index in [-0.39, 0.29) is 17.6 Å². The number of anilines is 1. The highest BCUT2D eigenvalue weighted by molar-refractivity contribution is 6.02. The Morgan fingerprint density at radius 3 is 2.83 bits per heavy atom. The van der Waals surface area contributed by atoms with Gasteiger partial charge in [0.15, 0.2) is 0 Å². The number of aromatic nitrogens is 2. The molecule has 1 N–H and O–H groups in total. The Bertz CT molecular complexity index is 677. The number of halogens is 1. The molecule has 2 aromatic rings. The number of hydrogen-bond acceptors (Lipinski definition) is 5. The van der Waals surface area contributed by atoms with Crippen LogP contribution in [0.25, 0.3) is 0 Å². The minimum absolute atomic E-state index is 0.156. The van der Waals surface area contributed by atoms with Crippen LogP contribution in [-0.4, -0.2) is 35.7 Å². The fourth-order valence-corrected chi connectivity index (χ4v) is 1.95. The molecule has 0 unspecified atom stereocenters. The second-order valence-corrected chi connectivity index (χ2v) is 5.03. The largest absolute Gasteiger partial charge is 0.488 e. The van der Waals surface area contributed by atoms with Gasteiger partial charge >= 0.3 is 0 Å². The monoisotopic (exact) mass is 319 g/mol. The minimum Gasteiger partial charge on any atom is -0.488 e. The minimum atomic E-state index is -0.473. The van der Waals surface area contributed by atoms with Crippen LogP contribution in [0.3, 0.4) is 0 Å². The molecule has 0 bridgehead atoms. The van der Waals surface area contributed by atoms with Gasteiger partial charge in [-0.15, -0.1) is 0 Å². The molecule has 0 aliphatic carbocycles. The third-order valence-corrected chi connectivity index (χ3v) is 2.87. The van der Waals surface area contributed by atoms with Gasteiger partial charge in [0.1, 0.15) is 29.2 Å². The molecule has 2 aromatic heterocycles. The van der Waals surface area contributed by atoms with Crippen LogP contribution >= 0.6 is 0 Å². The number of aryl methyl sites for hydroxylation is 1. The number of nitrogens with one attached hydrogen (secondary N) is 1. The summed E-state index contributed by atoms with van der Waals surface area (Å²) in [5.74, 6) is -0.147. The van der Waals surface area contributed by atoms with Gasteiger partial charge in [-0.2, -0.15) is 0 Å². The summed E-state index contributed by atoms with van der Waals surface area (Å²) in [6, 6.07) is 5.87. The van der Waals surface area contributed by atoms with E-state index in [2.05, 4.69) is 15.3 Å². The zero-order valence-electron chi connectivity index (χ0n) is 13.2. The highest BCUT2D eigenvalue weighted by atomic mass is 19.1. The van der Waals surface area contributed by atoms with E-state index in [4.69, 9.17) is 9.47 Å². The number of hydrogen-bond donors (Lipinski definition) is 1. The van der Waals surface area contributed by atoms with E-state index in [0.29, 0.717) is 18.1 Å². The predicted octanol–water partition coefficient (Wildman–Crippen LogP) is 2.59. The summed E-state index contributed by atoms with van der Waals surface area (Å²) >= 11 is 0. The van der Waals surface area contributed by atoms with E-state index in [1.807, 2.05) is 6.92 Å². The highest BCUT2D eigenvalue weighted by Gasteiger charge is 2.13. The average molecular weight is 319 g/mol. The van der Waals surface area contributed by atoms with E-state index in [0.717, 1.165) is 6.20 Å². The number of methoxy groups -OCH3 is 1. The van der Waals surface area contributed by atoms with Crippen LogP contribution < -0.4 is 10.1 Å². The Labute approximate surface area is 133 Å². The summed E-state index contributed by atoms with van der Waals surface area (Å²) in [7, 11) is 1.59. The van der Waals surface area contributed by atoms with Gasteiger partial charge in [-0.3, -0.25) is 4.79 Å².